The van der Waals surface area contributed by atoms with Crippen molar-refractivity contribution in [2.75, 3.05) is 13.7 Å². The number of aliphatic carboxylic acids is 1. The average molecular weight is 216 g/mol. The summed E-state index contributed by atoms with van der Waals surface area (Å²) in [5.74, 6) is -2.50. The van der Waals surface area contributed by atoms with Gasteiger partial charge in [0.2, 0.25) is 5.91 Å². The number of rotatable bonds is 5. The van der Waals surface area contributed by atoms with Crippen LogP contribution >= 0.6 is 0 Å². The molecule has 0 aliphatic heterocycles. The standard InChI is InChI=1S/C8H12N2O5/c1-15-7(12)3-2-6(11)10-4-5(9)8(13)14/h2-3,5H,4,9H2,1H3,(H,10,11)(H,13,14)/t5-/m0/s1. The van der Waals surface area contributed by atoms with Gasteiger partial charge in [-0.15, -0.1) is 0 Å². The first-order chi connectivity index (χ1) is 6.97. The summed E-state index contributed by atoms with van der Waals surface area (Å²) >= 11 is 0. The largest absolute Gasteiger partial charge is 0.480 e. The average Bonchev–Trinajstić information content (AvgIpc) is 2.21. The smallest absolute Gasteiger partial charge is 0.330 e. The Bertz CT molecular complexity index is 287. The molecule has 7 nitrogen and oxygen atoms in total. The highest BCUT2D eigenvalue weighted by atomic mass is 16.5. The van der Waals surface area contributed by atoms with E-state index in [-0.39, 0.29) is 6.54 Å². The molecule has 15 heavy (non-hydrogen) atoms. The molecule has 0 rings (SSSR count). The van der Waals surface area contributed by atoms with Crippen molar-refractivity contribution in [2.45, 2.75) is 6.04 Å². The predicted octanol–water partition coefficient (Wildman–Crippen LogP) is -1.76. The normalized spacial score (nSPS) is 12.1. The lowest BCUT2D eigenvalue weighted by Gasteiger charge is -2.05. The van der Waals surface area contributed by atoms with Crippen molar-refractivity contribution >= 4 is 17.8 Å². The van der Waals surface area contributed by atoms with Crippen LogP contribution in [0.25, 0.3) is 0 Å². The number of hydrogen-bond acceptors (Lipinski definition) is 5. The number of hydrogen-bond donors (Lipinski definition) is 3. The van der Waals surface area contributed by atoms with Gasteiger partial charge in [-0.25, -0.2) is 4.79 Å². The van der Waals surface area contributed by atoms with Gasteiger partial charge in [0.1, 0.15) is 6.04 Å². The molecule has 0 radical (unpaired) electrons. The summed E-state index contributed by atoms with van der Waals surface area (Å²) in [6.07, 6.45) is 1.85. The Kier molecular flexibility index (Phi) is 5.72. The molecule has 0 saturated carbocycles. The van der Waals surface area contributed by atoms with Crippen LogP contribution in [0.4, 0.5) is 0 Å². The Balaban J connectivity index is 3.90. The molecule has 0 heterocycles. The van der Waals surface area contributed by atoms with Crippen LogP contribution in [0.5, 0.6) is 0 Å². The Morgan fingerprint density at radius 1 is 1.47 bits per heavy atom. The summed E-state index contributed by atoms with van der Waals surface area (Å²) in [4.78, 5) is 31.7. The fourth-order valence-corrected chi connectivity index (χ4v) is 0.569. The molecule has 7 heteroatoms. The third kappa shape index (κ3) is 6.22. The first kappa shape index (κ1) is 13.1. The summed E-state index contributed by atoms with van der Waals surface area (Å²) in [7, 11) is 1.17. The van der Waals surface area contributed by atoms with E-state index in [1.165, 1.54) is 7.11 Å². The summed E-state index contributed by atoms with van der Waals surface area (Å²) < 4.78 is 4.24. The highest BCUT2D eigenvalue weighted by molar-refractivity contribution is 5.94. The van der Waals surface area contributed by atoms with Crippen LogP contribution in [0.15, 0.2) is 12.2 Å². The van der Waals surface area contributed by atoms with Crippen LogP contribution in [-0.4, -0.2) is 42.6 Å². The predicted molar refractivity (Wildman–Crippen MR) is 49.8 cm³/mol. The number of nitrogens with one attached hydrogen (secondary N) is 1. The third-order valence-electron chi connectivity index (χ3n) is 1.39. The van der Waals surface area contributed by atoms with E-state index in [0.717, 1.165) is 12.2 Å². The van der Waals surface area contributed by atoms with Gasteiger partial charge in [-0.3, -0.25) is 9.59 Å². The summed E-state index contributed by atoms with van der Waals surface area (Å²) in [5.41, 5.74) is 5.12. The number of carboxylic acid groups (broad SMARTS) is 1. The Morgan fingerprint density at radius 2 is 2.07 bits per heavy atom. The molecule has 0 aromatic heterocycles. The summed E-state index contributed by atoms with van der Waals surface area (Å²) in [6.45, 7) is -0.209. The van der Waals surface area contributed by atoms with E-state index in [0.29, 0.717) is 0 Å². The molecule has 0 aromatic rings. The lowest BCUT2D eigenvalue weighted by atomic mass is 10.3. The van der Waals surface area contributed by atoms with Crippen molar-refractivity contribution in [3.8, 4) is 0 Å². The maximum atomic E-state index is 10.9. The highest BCUT2D eigenvalue weighted by Crippen LogP contribution is 1.80. The van der Waals surface area contributed by atoms with Crippen LogP contribution in [0.2, 0.25) is 0 Å². The van der Waals surface area contributed by atoms with Crippen molar-refractivity contribution in [1.29, 1.82) is 0 Å². The van der Waals surface area contributed by atoms with Crippen molar-refractivity contribution in [1.82, 2.24) is 5.32 Å². The van der Waals surface area contributed by atoms with E-state index in [2.05, 4.69) is 10.1 Å². The quantitative estimate of drug-likeness (QED) is 0.370. The van der Waals surface area contributed by atoms with Crippen molar-refractivity contribution < 1.29 is 24.2 Å². The maximum absolute atomic E-state index is 10.9. The molecule has 0 aliphatic carbocycles. The van der Waals surface area contributed by atoms with E-state index in [1.54, 1.807) is 0 Å². The fourth-order valence-electron chi connectivity index (χ4n) is 0.569. The van der Waals surface area contributed by atoms with Crippen molar-refractivity contribution in [3.63, 3.8) is 0 Å². The van der Waals surface area contributed by atoms with E-state index in [1.807, 2.05) is 0 Å². The van der Waals surface area contributed by atoms with E-state index >= 15 is 0 Å². The van der Waals surface area contributed by atoms with Gasteiger partial charge in [0.25, 0.3) is 0 Å². The van der Waals surface area contributed by atoms with Gasteiger partial charge in [-0.2, -0.15) is 0 Å². The van der Waals surface area contributed by atoms with Crippen molar-refractivity contribution in [3.05, 3.63) is 12.2 Å². The number of carbonyl (C=O) groups excluding carboxylic acids is 2. The minimum atomic E-state index is -1.22. The molecule has 0 unspecified atom stereocenters. The van der Waals surface area contributed by atoms with Crippen LogP contribution in [0.1, 0.15) is 0 Å². The molecule has 1 atom stereocenters. The van der Waals surface area contributed by atoms with Gasteiger partial charge in [0.15, 0.2) is 0 Å². The third-order valence-corrected chi connectivity index (χ3v) is 1.39. The van der Waals surface area contributed by atoms with E-state index in [4.69, 9.17) is 10.8 Å². The van der Waals surface area contributed by atoms with Crippen LogP contribution < -0.4 is 11.1 Å². The van der Waals surface area contributed by atoms with E-state index < -0.39 is 23.9 Å². The number of ether oxygens (including phenoxy) is 1. The molecular weight excluding hydrogens is 204 g/mol. The second-order valence-electron chi connectivity index (χ2n) is 2.55. The highest BCUT2D eigenvalue weighted by Gasteiger charge is 2.11. The van der Waals surface area contributed by atoms with Gasteiger partial charge in [0.05, 0.1) is 7.11 Å². The SMILES string of the molecule is COC(=O)C=CC(=O)NC[C@H](N)C(=O)O. The van der Waals surface area contributed by atoms with Gasteiger partial charge in [-0.05, 0) is 0 Å². The van der Waals surface area contributed by atoms with Gasteiger partial charge >= 0.3 is 11.9 Å². The molecule has 4 N–H and O–H groups in total. The Hall–Kier alpha value is -1.89. The van der Waals surface area contributed by atoms with Gasteiger partial charge < -0.3 is 20.9 Å². The molecule has 0 aromatic carbocycles. The Morgan fingerprint density at radius 3 is 2.53 bits per heavy atom. The zero-order valence-electron chi connectivity index (χ0n) is 8.10. The van der Waals surface area contributed by atoms with Gasteiger partial charge in [0, 0.05) is 18.7 Å². The number of amides is 1. The van der Waals surface area contributed by atoms with E-state index in [9.17, 15) is 14.4 Å². The Labute approximate surface area is 85.9 Å². The zero-order valence-corrected chi connectivity index (χ0v) is 8.10. The molecule has 1 amide bonds. The van der Waals surface area contributed by atoms with Crippen LogP contribution in [0, 0.1) is 0 Å². The lowest BCUT2D eigenvalue weighted by molar-refractivity contribution is -0.138. The first-order valence-electron chi connectivity index (χ1n) is 3.99. The van der Waals surface area contributed by atoms with Crippen LogP contribution in [-0.2, 0) is 19.1 Å². The number of carbonyl (C=O) groups is 3. The second kappa shape index (κ2) is 6.55. The number of nitrogens with two attached hydrogens (primary N) is 1. The first-order valence-corrected chi connectivity index (χ1v) is 3.99. The monoisotopic (exact) mass is 216 g/mol. The number of methoxy groups -OCH3 is 1. The molecule has 0 spiro atoms. The maximum Gasteiger partial charge on any atom is 0.330 e. The molecular formula is C8H12N2O5. The molecule has 0 aliphatic rings. The summed E-state index contributed by atoms with van der Waals surface area (Å²) in [6, 6.07) is -1.17. The van der Waals surface area contributed by atoms with Crippen LogP contribution in [0.3, 0.4) is 0 Å². The molecule has 0 bridgehead atoms. The molecule has 0 saturated heterocycles. The number of esters is 1. The minimum absolute atomic E-state index is 0.209. The summed E-state index contributed by atoms with van der Waals surface area (Å²) in [5, 5.41) is 10.6. The lowest BCUT2D eigenvalue weighted by Crippen LogP contribution is -2.42. The topological polar surface area (TPSA) is 119 Å². The number of carboxylic acids is 1. The van der Waals surface area contributed by atoms with Crippen molar-refractivity contribution in [2.24, 2.45) is 5.73 Å². The van der Waals surface area contributed by atoms with Gasteiger partial charge in [-0.1, -0.05) is 0 Å². The second-order valence-corrected chi connectivity index (χ2v) is 2.55. The zero-order chi connectivity index (χ0) is 11.8. The fraction of sp³-hybridized carbons (Fsp3) is 0.375. The minimum Gasteiger partial charge on any atom is -0.480 e. The molecule has 84 valence electrons. The molecule has 0 fully saturated rings.